The van der Waals surface area contributed by atoms with E-state index < -0.39 is 6.03 Å². The summed E-state index contributed by atoms with van der Waals surface area (Å²) in [4.78, 5) is 38.1. The van der Waals surface area contributed by atoms with Gasteiger partial charge in [-0.1, -0.05) is 18.2 Å². The van der Waals surface area contributed by atoms with Crippen LogP contribution in [0.1, 0.15) is 15.2 Å². The molecule has 2 amide bonds. The van der Waals surface area contributed by atoms with Crippen LogP contribution < -0.4 is 24.4 Å². The maximum atomic E-state index is 13.5. The van der Waals surface area contributed by atoms with Gasteiger partial charge in [0.05, 0.1) is 31.0 Å². The molecule has 5 aromatic rings. The summed E-state index contributed by atoms with van der Waals surface area (Å²) < 4.78 is 16.5. The molecule has 10 heteroatoms. The van der Waals surface area contributed by atoms with Gasteiger partial charge in [-0.25, -0.2) is 19.7 Å². The largest absolute Gasteiger partial charge is 0.493 e. The van der Waals surface area contributed by atoms with Crippen molar-refractivity contribution < 1.29 is 23.8 Å². The molecule has 1 N–H and O–H groups in total. The van der Waals surface area contributed by atoms with Crippen LogP contribution in [-0.4, -0.2) is 36.0 Å². The lowest BCUT2D eigenvalue weighted by atomic mass is 10.1. The molecular formula is C28H20N4O5S. The topological polar surface area (TPSA) is 103 Å². The number of para-hydroxylation sites is 1. The molecule has 0 saturated heterocycles. The van der Waals surface area contributed by atoms with E-state index in [-0.39, 0.29) is 5.78 Å². The molecule has 3 heterocycles. The number of ether oxygens (including phenoxy) is 3. The quantitative estimate of drug-likeness (QED) is 0.245. The first kappa shape index (κ1) is 23.4. The van der Waals surface area contributed by atoms with Gasteiger partial charge in [0.1, 0.15) is 27.5 Å². The number of carbonyl (C=O) groups is 2. The first-order chi connectivity index (χ1) is 18.6. The predicted molar refractivity (Wildman–Crippen MR) is 145 cm³/mol. The second-order valence-electron chi connectivity index (χ2n) is 8.26. The van der Waals surface area contributed by atoms with Crippen molar-refractivity contribution >= 4 is 50.6 Å². The summed E-state index contributed by atoms with van der Waals surface area (Å²) in [6.07, 6.45) is 1.39. The minimum absolute atomic E-state index is 0.272. The van der Waals surface area contributed by atoms with Crippen LogP contribution in [0.25, 0.3) is 10.2 Å². The summed E-state index contributed by atoms with van der Waals surface area (Å²) in [6.45, 7) is 0. The Morgan fingerprint density at radius 2 is 1.63 bits per heavy atom. The SMILES string of the molecule is COc1ccc(C(=O)c2sc3ncnc4c3c2NC(=O)N4c2ccc(Oc3ccccc3)cc2)cc1OC. The number of ketones is 1. The van der Waals surface area contributed by atoms with Gasteiger partial charge in [0, 0.05) is 5.56 Å². The van der Waals surface area contributed by atoms with E-state index >= 15 is 0 Å². The zero-order chi connectivity index (χ0) is 26.2. The fraction of sp³-hybridized carbons (Fsp3) is 0.0714. The van der Waals surface area contributed by atoms with E-state index in [4.69, 9.17) is 14.2 Å². The normalized spacial score (nSPS) is 12.3. The number of urea groups is 1. The molecule has 2 aromatic heterocycles. The molecule has 38 heavy (non-hydrogen) atoms. The Hall–Kier alpha value is -4.96. The van der Waals surface area contributed by atoms with Crippen LogP contribution in [0.3, 0.4) is 0 Å². The molecule has 1 aliphatic heterocycles. The molecule has 3 aromatic carbocycles. The van der Waals surface area contributed by atoms with Crippen LogP contribution in [0, 0.1) is 0 Å². The van der Waals surface area contributed by atoms with E-state index in [9.17, 15) is 9.59 Å². The van der Waals surface area contributed by atoms with Crippen molar-refractivity contribution in [1.29, 1.82) is 0 Å². The number of nitrogens with one attached hydrogen (secondary N) is 1. The summed E-state index contributed by atoms with van der Waals surface area (Å²) in [5.41, 5.74) is 1.38. The van der Waals surface area contributed by atoms with Gasteiger partial charge in [0.2, 0.25) is 5.78 Å². The number of thiophene rings is 1. The van der Waals surface area contributed by atoms with Gasteiger partial charge >= 0.3 is 6.03 Å². The van der Waals surface area contributed by atoms with E-state index in [0.717, 1.165) is 0 Å². The van der Waals surface area contributed by atoms with Crippen molar-refractivity contribution in [2.75, 3.05) is 24.4 Å². The number of aromatic nitrogens is 2. The Bertz CT molecular complexity index is 1690. The van der Waals surface area contributed by atoms with Crippen LogP contribution in [0.2, 0.25) is 0 Å². The maximum Gasteiger partial charge on any atom is 0.332 e. The van der Waals surface area contributed by atoms with Gasteiger partial charge in [-0.3, -0.25) is 4.79 Å². The number of rotatable bonds is 7. The molecule has 0 unspecified atom stereocenters. The monoisotopic (exact) mass is 524 g/mol. The summed E-state index contributed by atoms with van der Waals surface area (Å²) in [5.74, 6) is 2.41. The average Bonchev–Trinajstić information content (AvgIpc) is 3.33. The Labute approximate surface area is 221 Å². The molecule has 6 rings (SSSR count). The van der Waals surface area contributed by atoms with Gasteiger partial charge < -0.3 is 19.5 Å². The molecule has 9 nitrogen and oxygen atoms in total. The van der Waals surface area contributed by atoms with Gasteiger partial charge in [-0.05, 0) is 54.6 Å². The zero-order valence-corrected chi connectivity index (χ0v) is 21.1. The molecular weight excluding hydrogens is 504 g/mol. The highest BCUT2D eigenvalue weighted by Gasteiger charge is 2.34. The third kappa shape index (κ3) is 3.97. The van der Waals surface area contributed by atoms with Crippen molar-refractivity contribution in [3.05, 3.63) is 89.6 Å². The molecule has 0 saturated carbocycles. The Morgan fingerprint density at radius 3 is 2.37 bits per heavy atom. The lowest BCUT2D eigenvalue weighted by Crippen LogP contribution is -2.34. The minimum Gasteiger partial charge on any atom is -0.493 e. The van der Waals surface area contributed by atoms with E-state index in [1.54, 1.807) is 42.5 Å². The summed E-state index contributed by atoms with van der Waals surface area (Å²) in [6, 6.07) is 21.0. The highest BCUT2D eigenvalue weighted by molar-refractivity contribution is 7.21. The lowest BCUT2D eigenvalue weighted by Gasteiger charge is -2.27. The number of carbonyl (C=O) groups excluding carboxylic acids is 2. The first-order valence-corrected chi connectivity index (χ1v) is 12.4. The van der Waals surface area contributed by atoms with Crippen molar-refractivity contribution in [1.82, 2.24) is 9.97 Å². The van der Waals surface area contributed by atoms with Crippen LogP contribution >= 0.6 is 11.3 Å². The standard InChI is InChI=1S/C28H20N4O5S/c1-35-20-13-8-16(14-21(20)36-2)24(33)25-23-22-26(29-15-30-27(22)38-25)32(28(34)31-23)17-9-11-19(12-10-17)37-18-6-4-3-5-7-18/h3-15H,1-2H3,(H,31,34). The highest BCUT2D eigenvalue weighted by atomic mass is 32.1. The minimum atomic E-state index is -0.436. The molecule has 0 bridgehead atoms. The van der Waals surface area contributed by atoms with Crippen LogP contribution in [0.5, 0.6) is 23.0 Å². The van der Waals surface area contributed by atoms with Crippen LogP contribution in [0.4, 0.5) is 22.0 Å². The van der Waals surface area contributed by atoms with Gasteiger partial charge in [-0.2, -0.15) is 0 Å². The number of hydrogen-bond donors (Lipinski definition) is 1. The fourth-order valence-electron chi connectivity index (χ4n) is 4.26. The number of amides is 2. The number of benzene rings is 3. The maximum absolute atomic E-state index is 13.5. The van der Waals surface area contributed by atoms with Gasteiger partial charge in [0.15, 0.2) is 17.3 Å². The highest BCUT2D eigenvalue weighted by Crippen LogP contribution is 2.45. The van der Waals surface area contributed by atoms with E-state index in [1.165, 1.54) is 36.8 Å². The van der Waals surface area contributed by atoms with E-state index in [0.29, 0.717) is 60.8 Å². The van der Waals surface area contributed by atoms with E-state index in [2.05, 4.69) is 15.3 Å². The van der Waals surface area contributed by atoms with Crippen molar-refractivity contribution in [2.24, 2.45) is 0 Å². The third-order valence-electron chi connectivity index (χ3n) is 6.04. The van der Waals surface area contributed by atoms with Crippen molar-refractivity contribution in [3.8, 4) is 23.0 Å². The number of hydrogen-bond acceptors (Lipinski definition) is 8. The van der Waals surface area contributed by atoms with Crippen molar-refractivity contribution in [3.63, 3.8) is 0 Å². The lowest BCUT2D eigenvalue weighted by molar-refractivity contribution is 0.104. The van der Waals surface area contributed by atoms with E-state index in [1.807, 2.05) is 30.3 Å². The molecule has 0 radical (unpaired) electrons. The number of nitrogens with zero attached hydrogens (tertiary/aromatic N) is 3. The molecule has 0 atom stereocenters. The predicted octanol–water partition coefficient (Wildman–Crippen LogP) is 6.42. The Morgan fingerprint density at radius 1 is 0.895 bits per heavy atom. The second-order valence-corrected chi connectivity index (χ2v) is 9.26. The summed E-state index contributed by atoms with van der Waals surface area (Å²) in [7, 11) is 3.03. The van der Waals surface area contributed by atoms with Crippen LogP contribution in [0.15, 0.2) is 79.1 Å². The fourth-order valence-corrected chi connectivity index (χ4v) is 5.32. The first-order valence-electron chi connectivity index (χ1n) is 11.6. The molecule has 0 fully saturated rings. The molecule has 1 aliphatic rings. The molecule has 0 spiro atoms. The third-order valence-corrected chi connectivity index (χ3v) is 7.14. The number of anilines is 3. The molecule has 188 valence electrons. The summed E-state index contributed by atoms with van der Waals surface area (Å²) in [5, 5.41) is 3.49. The van der Waals surface area contributed by atoms with Crippen molar-refractivity contribution in [2.45, 2.75) is 0 Å². The smallest absolute Gasteiger partial charge is 0.332 e. The Balaban J connectivity index is 1.37. The second kappa shape index (κ2) is 9.49. The molecule has 0 aliphatic carbocycles. The van der Waals surface area contributed by atoms with Crippen LogP contribution in [-0.2, 0) is 0 Å². The Kier molecular flexibility index (Phi) is 5.85. The zero-order valence-electron chi connectivity index (χ0n) is 20.3. The summed E-state index contributed by atoms with van der Waals surface area (Å²) >= 11 is 1.20. The average molecular weight is 525 g/mol. The van der Waals surface area contributed by atoms with Gasteiger partial charge in [-0.15, -0.1) is 11.3 Å². The van der Waals surface area contributed by atoms with Gasteiger partial charge in [0.25, 0.3) is 0 Å². The number of methoxy groups -OCH3 is 2.